The summed E-state index contributed by atoms with van der Waals surface area (Å²) in [4.78, 5) is 14.4. The minimum Gasteiger partial charge on any atom is -0.485 e. The van der Waals surface area contributed by atoms with Gasteiger partial charge in [0, 0.05) is 19.1 Å². The van der Waals surface area contributed by atoms with E-state index in [1.807, 2.05) is 36.2 Å². The Kier molecular flexibility index (Phi) is 3.78. The second kappa shape index (κ2) is 5.71. The zero-order valence-corrected chi connectivity index (χ0v) is 11.7. The van der Waals surface area contributed by atoms with E-state index < -0.39 is 6.10 Å². The third-order valence-corrected chi connectivity index (χ3v) is 3.93. The standard InChI is InChI=1S/C15H20N2O3/c1-16-11-5-4-8-17(9-11)15(18)14-10-19-12-6-2-3-7-13(12)20-14/h2-3,6-7,11,14,16H,4-5,8-10H2,1H3/t11-,14-/m0/s1. The van der Waals surface area contributed by atoms with Crippen LogP contribution in [0.15, 0.2) is 24.3 Å². The van der Waals surface area contributed by atoms with Crippen molar-refractivity contribution < 1.29 is 14.3 Å². The first-order valence-electron chi connectivity index (χ1n) is 7.12. The number of nitrogens with zero attached hydrogens (tertiary/aromatic N) is 1. The van der Waals surface area contributed by atoms with Crippen LogP contribution in [0, 0.1) is 0 Å². The number of rotatable bonds is 2. The van der Waals surface area contributed by atoms with Crippen LogP contribution in [-0.2, 0) is 4.79 Å². The average Bonchev–Trinajstić information content (AvgIpc) is 2.53. The van der Waals surface area contributed by atoms with Gasteiger partial charge in [-0.2, -0.15) is 0 Å². The van der Waals surface area contributed by atoms with Crippen molar-refractivity contribution in [2.24, 2.45) is 0 Å². The van der Waals surface area contributed by atoms with Gasteiger partial charge in [-0.15, -0.1) is 0 Å². The van der Waals surface area contributed by atoms with Gasteiger partial charge in [0.25, 0.3) is 5.91 Å². The van der Waals surface area contributed by atoms with Crippen LogP contribution in [0.5, 0.6) is 11.5 Å². The van der Waals surface area contributed by atoms with E-state index in [0.29, 0.717) is 17.5 Å². The Bertz CT molecular complexity index is 492. The minimum atomic E-state index is -0.527. The average molecular weight is 276 g/mol. The number of para-hydroxylation sites is 2. The van der Waals surface area contributed by atoms with Crippen LogP contribution in [0.4, 0.5) is 0 Å². The Morgan fingerprint density at radius 3 is 2.95 bits per heavy atom. The third kappa shape index (κ3) is 2.58. The highest BCUT2D eigenvalue weighted by Gasteiger charge is 2.33. The number of likely N-dealkylation sites (tertiary alicyclic amines) is 1. The molecule has 1 fully saturated rings. The Hall–Kier alpha value is -1.75. The summed E-state index contributed by atoms with van der Waals surface area (Å²) >= 11 is 0. The number of carbonyl (C=O) groups excluding carboxylic acids is 1. The van der Waals surface area contributed by atoms with Gasteiger partial charge in [-0.1, -0.05) is 12.1 Å². The highest BCUT2D eigenvalue weighted by Crippen LogP contribution is 2.31. The van der Waals surface area contributed by atoms with Gasteiger partial charge in [-0.3, -0.25) is 4.79 Å². The quantitative estimate of drug-likeness (QED) is 0.877. The van der Waals surface area contributed by atoms with Gasteiger partial charge in [0.05, 0.1) is 0 Å². The molecule has 0 saturated carbocycles. The summed E-state index contributed by atoms with van der Waals surface area (Å²) in [7, 11) is 1.94. The summed E-state index contributed by atoms with van der Waals surface area (Å²) < 4.78 is 11.4. The highest BCUT2D eigenvalue weighted by molar-refractivity contribution is 5.82. The summed E-state index contributed by atoms with van der Waals surface area (Å²) in [6.45, 7) is 1.84. The van der Waals surface area contributed by atoms with Crippen molar-refractivity contribution in [1.82, 2.24) is 10.2 Å². The fraction of sp³-hybridized carbons (Fsp3) is 0.533. The van der Waals surface area contributed by atoms with E-state index in [2.05, 4.69) is 5.32 Å². The van der Waals surface area contributed by atoms with Crippen molar-refractivity contribution in [3.63, 3.8) is 0 Å². The molecule has 1 aromatic rings. The normalized spacial score (nSPS) is 25.4. The molecular weight excluding hydrogens is 256 g/mol. The first-order valence-corrected chi connectivity index (χ1v) is 7.12. The molecule has 20 heavy (non-hydrogen) atoms. The molecule has 0 radical (unpaired) electrons. The predicted molar refractivity (Wildman–Crippen MR) is 75.0 cm³/mol. The van der Waals surface area contributed by atoms with Crippen LogP contribution in [0.2, 0.25) is 0 Å². The predicted octanol–water partition coefficient (Wildman–Crippen LogP) is 1.04. The van der Waals surface area contributed by atoms with Gasteiger partial charge in [0.1, 0.15) is 6.61 Å². The Labute approximate surface area is 118 Å². The lowest BCUT2D eigenvalue weighted by Gasteiger charge is -2.35. The number of ether oxygens (including phenoxy) is 2. The van der Waals surface area contributed by atoms with Crippen LogP contribution < -0.4 is 14.8 Å². The number of fused-ring (bicyclic) bond motifs is 1. The molecule has 2 aliphatic rings. The molecule has 0 aliphatic carbocycles. The fourth-order valence-corrected chi connectivity index (χ4v) is 2.76. The number of likely N-dealkylation sites (N-methyl/N-ethyl adjacent to an activating group) is 1. The van der Waals surface area contributed by atoms with E-state index in [1.165, 1.54) is 0 Å². The van der Waals surface area contributed by atoms with Crippen molar-refractivity contribution in [1.29, 1.82) is 0 Å². The second-order valence-corrected chi connectivity index (χ2v) is 5.28. The molecule has 1 aromatic carbocycles. The van der Waals surface area contributed by atoms with E-state index in [-0.39, 0.29) is 12.5 Å². The molecule has 0 unspecified atom stereocenters. The molecule has 0 aromatic heterocycles. The number of carbonyl (C=O) groups is 1. The van der Waals surface area contributed by atoms with Crippen LogP contribution in [0.25, 0.3) is 0 Å². The zero-order chi connectivity index (χ0) is 13.9. The zero-order valence-electron chi connectivity index (χ0n) is 11.7. The number of nitrogens with one attached hydrogen (secondary N) is 1. The van der Waals surface area contributed by atoms with E-state index in [4.69, 9.17) is 9.47 Å². The van der Waals surface area contributed by atoms with Gasteiger partial charge >= 0.3 is 0 Å². The van der Waals surface area contributed by atoms with E-state index in [1.54, 1.807) is 0 Å². The molecule has 1 saturated heterocycles. The van der Waals surface area contributed by atoms with Gasteiger partial charge in [-0.05, 0) is 32.0 Å². The van der Waals surface area contributed by atoms with Crippen LogP contribution in [0.3, 0.4) is 0 Å². The molecule has 3 rings (SSSR count). The van der Waals surface area contributed by atoms with Gasteiger partial charge in [-0.25, -0.2) is 0 Å². The monoisotopic (exact) mass is 276 g/mol. The highest BCUT2D eigenvalue weighted by atomic mass is 16.6. The van der Waals surface area contributed by atoms with Gasteiger partial charge < -0.3 is 19.7 Å². The lowest BCUT2D eigenvalue weighted by Crippen LogP contribution is -2.53. The van der Waals surface area contributed by atoms with Gasteiger partial charge in [0.2, 0.25) is 6.10 Å². The van der Waals surface area contributed by atoms with E-state index >= 15 is 0 Å². The molecule has 1 amide bonds. The Balaban J connectivity index is 1.67. The third-order valence-electron chi connectivity index (χ3n) is 3.93. The van der Waals surface area contributed by atoms with Crippen molar-refractivity contribution >= 4 is 5.91 Å². The molecule has 2 atom stereocenters. The molecule has 0 bridgehead atoms. The molecule has 0 spiro atoms. The van der Waals surface area contributed by atoms with Crippen molar-refractivity contribution in [3.05, 3.63) is 24.3 Å². The number of amides is 1. The fourth-order valence-electron chi connectivity index (χ4n) is 2.76. The van der Waals surface area contributed by atoms with Crippen LogP contribution in [-0.4, -0.2) is 49.7 Å². The first-order chi connectivity index (χ1) is 9.78. The molecule has 5 heteroatoms. The topological polar surface area (TPSA) is 50.8 Å². The lowest BCUT2D eigenvalue weighted by atomic mass is 10.1. The number of hydrogen-bond acceptors (Lipinski definition) is 4. The maximum Gasteiger partial charge on any atom is 0.267 e. The second-order valence-electron chi connectivity index (χ2n) is 5.28. The summed E-state index contributed by atoms with van der Waals surface area (Å²) in [5.74, 6) is 1.39. The molecule has 5 nitrogen and oxygen atoms in total. The molecular formula is C15H20N2O3. The maximum absolute atomic E-state index is 12.5. The van der Waals surface area contributed by atoms with Crippen LogP contribution in [0.1, 0.15) is 12.8 Å². The maximum atomic E-state index is 12.5. The molecule has 2 aliphatic heterocycles. The number of piperidine rings is 1. The largest absolute Gasteiger partial charge is 0.485 e. The summed E-state index contributed by atoms with van der Waals surface area (Å²) in [6.07, 6.45) is 1.62. The summed E-state index contributed by atoms with van der Waals surface area (Å²) in [5.41, 5.74) is 0. The van der Waals surface area contributed by atoms with Crippen LogP contribution >= 0.6 is 0 Å². The number of benzene rings is 1. The molecule has 108 valence electrons. The van der Waals surface area contributed by atoms with Gasteiger partial charge in [0.15, 0.2) is 11.5 Å². The first kappa shape index (κ1) is 13.2. The minimum absolute atomic E-state index is 0.0273. The van der Waals surface area contributed by atoms with Crippen molar-refractivity contribution in [2.75, 3.05) is 26.7 Å². The summed E-state index contributed by atoms with van der Waals surface area (Å²) in [5, 5.41) is 3.24. The van der Waals surface area contributed by atoms with Crippen molar-refractivity contribution in [2.45, 2.75) is 25.0 Å². The smallest absolute Gasteiger partial charge is 0.267 e. The SMILES string of the molecule is CN[C@H]1CCCN(C(=O)[C@@H]2COc3ccccc3O2)C1. The lowest BCUT2D eigenvalue weighted by molar-refractivity contribution is -0.142. The van der Waals surface area contributed by atoms with Crippen molar-refractivity contribution in [3.8, 4) is 11.5 Å². The van der Waals surface area contributed by atoms with E-state index in [0.717, 1.165) is 25.9 Å². The Morgan fingerprint density at radius 2 is 2.15 bits per heavy atom. The summed E-state index contributed by atoms with van der Waals surface area (Å²) in [6, 6.07) is 7.85. The van der Waals surface area contributed by atoms with E-state index in [9.17, 15) is 4.79 Å². The Morgan fingerprint density at radius 1 is 1.35 bits per heavy atom. The molecule has 2 heterocycles. The number of hydrogen-bond donors (Lipinski definition) is 1. The molecule has 1 N–H and O–H groups in total.